The molecule has 0 atom stereocenters. The molecule has 18 heavy (non-hydrogen) atoms. The zero-order valence-electron chi connectivity index (χ0n) is 9.75. The smallest absolute Gasteiger partial charge is 0.390 e. The van der Waals surface area contributed by atoms with E-state index in [4.69, 9.17) is 10.3 Å². The van der Waals surface area contributed by atoms with Gasteiger partial charge in [-0.2, -0.15) is 13.2 Å². The maximum absolute atomic E-state index is 12.0. The number of carbonyl (C=O) groups excluding carboxylic acids is 1. The molecule has 102 valence electrons. The summed E-state index contributed by atoms with van der Waals surface area (Å²) in [6.45, 7) is 0.0521. The SMILES string of the molecule is CN(CCC(F)(F)F)Cc1ccc(C(=O)NN)o1. The highest BCUT2D eigenvalue weighted by atomic mass is 19.4. The Morgan fingerprint density at radius 2 is 2.17 bits per heavy atom. The normalized spacial score (nSPS) is 11.9. The van der Waals surface area contributed by atoms with Crippen LogP contribution in [-0.2, 0) is 6.54 Å². The third-order valence-electron chi connectivity index (χ3n) is 2.22. The Morgan fingerprint density at radius 1 is 1.50 bits per heavy atom. The summed E-state index contributed by atoms with van der Waals surface area (Å²) in [6, 6.07) is 2.93. The topological polar surface area (TPSA) is 71.5 Å². The maximum Gasteiger partial charge on any atom is 0.390 e. The van der Waals surface area contributed by atoms with E-state index in [0.717, 1.165) is 0 Å². The van der Waals surface area contributed by atoms with Gasteiger partial charge in [0.2, 0.25) is 0 Å². The van der Waals surface area contributed by atoms with Crippen molar-refractivity contribution in [3.8, 4) is 0 Å². The number of nitrogens with one attached hydrogen (secondary N) is 1. The van der Waals surface area contributed by atoms with Crippen LogP contribution < -0.4 is 11.3 Å². The molecular weight excluding hydrogens is 251 g/mol. The largest absolute Gasteiger partial charge is 0.455 e. The minimum absolute atomic E-state index is 0.0247. The molecule has 0 aliphatic rings. The molecule has 0 saturated heterocycles. The maximum atomic E-state index is 12.0. The first-order valence-corrected chi connectivity index (χ1v) is 5.17. The number of hydrogen-bond donors (Lipinski definition) is 2. The Kier molecular flexibility index (Phi) is 4.74. The number of hydrazine groups is 1. The molecule has 0 aliphatic carbocycles. The fourth-order valence-corrected chi connectivity index (χ4v) is 1.32. The summed E-state index contributed by atoms with van der Waals surface area (Å²) >= 11 is 0. The van der Waals surface area contributed by atoms with Gasteiger partial charge in [0.05, 0.1) is 13.0 Å². The van der Waals surface area contributed by atoms with Crippen LogP contribution in [0.1, 0.15) is 22.7 Å². The first-order valence-electron chi connectivity index (χ1n) is 5.17. The number of nitrogen functional groups attached to an aromatic ring is 1. The van der Waals surface area contributed by atoms with Crippen molar-refractivity contribution in [1.82, 2.24) is 10.3 Å². The van der Waals surface area contributed by atoms with Crippen molar-refractivity contribution in [3.63, 3.8) is 0 Å². The van der Waals surface area contributed by atoms with Gasteiger partial charge < -0.3 is 4.42 Å². The Labute approximate surface area is 102 Å². The monoisotopic (exact) mass is 265 g/mol. The number of alkyl halides is 3. The molecular formula is C10H14F3N3O2. The third kappa shape index (κ3) is 4.76. The number of nitrogens with zero attached hydrogens (tertiary/aromatic N) is 1. The zero-order valence-corrected chi connectivity index (χ0v) is 9.75. The van der Waals surface area contributed by atoms with Crippen molar-refractivity contribution < 1.29 is 22.4 Å². The lowest BCUT2D eigenvalue weighted by Crippen LogP contribution is -2.29. The van der Waals surface area contributed by atoms with Crippen LogP contribution in [0, 0.1) is 0 Å². The summed E-state index contributed by atoms with van der Waals surface area (Å²) in [5, 5.41) is 0. The van der Waals surface area contributed by atoms with Crippen LogP contribution in [0.5, 0.6) is 0 Å². The van der Waals surface area contributed by atoms with Crippen LogP contribution in [-0.4, -0.2) is 30.6 Å². The average molecular weight is 265 g/mol. The number of amides is 1. The molecule has 0 spiro atoms. The molecule has 0 unspecified atom stereocenters. The second-order valence-corrected chi connectivity index (χ2v) is 3.84. The molecule has 3 N–H and O–H groups in total. The lowest BCUT2D eigenvalue weighted by Gasteiger charge is -2.16. The van der Waals surface area contributed by atoms with Crippen molar-refractivity contribution in [2.45, 2.75) is 19.1 Å². The molecule has 0 aromatic carbocycles. The standard InChI is InChI=1S/C10H14F3N3O2/c1-16(5-4-10(11,12)13)6-7-2-3-8(18-7)9(17)15-14/h2-3H,4-6,14H2,1H3,(H,15,17). The van der Waals surface area contributed by atoms with Crippen molar-refractivity contribution in [3.05, 3.63) is 23.7 Å². The van der Waals surface area contributed by atoms with Crippen LogP contribution in [0.4, 0.5) is 13.2 Å². The van der Waals surface area contributed by atoms with E-state index in [1.807, 2.05) is 5.43 Å². The van der Waals surface area contributed by atoms with Crippen LogP contribution in [0.25, 0.3) is 0 Å². The van der Waals surface area contributed by atoms with E-state index in [9.17, 15) is 18.0 Å². The lowest BCUT2D eigenvalue weighted by molar-refractivity contribution is -0.137. The molecule has 5 nitrogen and oxygen atoms in total. The molecule has 1 aromatic heterocycles. The summed E-state index contributed by atoms with van der Waals surface area (Å²) in [7, 11) is 1.54. The molecule has 0 saturated carbocycles. The van der Waals surface area contributed by atoms with Gasteiger partial charge in [0.1, 0.15) is 5.76 Å². The van der Waals surface area contributed by atoms with E-state index in [2.05, 4.69) is 0 Å². The molecule has 1 amide bonds. The van der Waals surface area contributed by atoms with E-state index in [-0.39, 0.29) is 18.8 Å². The molecule has 0 fully saturated rings. The summed E-state index contributed by atoms with van der Waals surface area (Å²) in [5.41, 5.74) is 1.90. The van der Waals surface area contributed by atoms with Gasteiger partial charge in [-0.1, -0.05) is 0 Å². The minimum Gasteiger partial charge on any atom is -0.455 e. The highest BCUT2D eigenvalue weighted by Gasteiger charge is 2.27. The fraction of sp³-hybridized carbons (Fsp3) is 0.500. The molecule has 1 rings (SSSR count). The van der Waals surface area contributed by atoms with Crippen molar-refractivity contribution >= 4 is 5.91 Å². The second kappa shape index (κ2) is 5.87. The highest BCUT2D eigenvalue weighted by Crippen LogP contribution is 2.20. The van der Waals surface area contributed by atoms with E-state index < -0.39 is 18.5 Å². The number of halogens is 3. The first kappa shape index (κ1) is 14.5. The molecule has 0 aliphatic heterocycles. The lowest BCUT2D eigenvalue weighted by atomic mass is 10.3. The minimum atomic E-state index is -4.18. The van der Waals surface area contributed by atoms with Gasteiger partial charge in [-0.3, -0.25) is 15.1 Å². The molecule has 1 aromatic rings. The molecule has 1 heterocycles. The van der Waals surface area contributed by atoms with Gasteiger partial charge in [0.15, 0.2) is 5.76 Å². The quantitative estimate of drug-likeness (QED) is 0.478. The van der Waals surface area contributed by atoms with Gasteiger partial charge in [-0.15, -0.1) is 0 Å². The summed E-state index contributed by atoms with van der Waals surface area (Å²) < 4.78 is 41.1. The van der Waals surface area contributed by atoms with Crippen LogP contribution in [0.3, 0.4) is 0 Å². The Bertz CT molecular complexity index is 403. The van der Waals surface area contributed by atoms with Gasteiger partial charge in [0, 0.05) is 6.54 Å². The van der Waals surface area contributed by atoms with E-state index >= 15 is 0 Å². The van der Waals surface area contributed by atoms with Crippen molar-refractivity contribution in [2.24, 2.45) is 5.84 Å². The van der Waals surface area contributed by atoms with E-state index in [0.29, 0.717) is 5.76 Å². The zero-order chi connectivity index (χ0) is 13.8. The predicted molar refractivity (Wildman–Crippen MR) is 57.4 cm³/mol. The van der Waals surface area contributed by atoms with Gasteiger partial charge >= 0.3 is 12.1 Å². The number of hydrogen-bond acceptors (Lipinski definition) is 4. The van der Waals surface area contributed by atoms with Crippen molar-refractivity contribution in [1.29, 1.82) is 0 Å². The van der Waals surface area contributed by atoms with E-state index in [1.165, 1.54) is 24.1 Å². The molecule has 8 heteroatoms. The number of furan rings is 1. The van der Waals surface area contributed by atoms with Crippen LogP contribution in [0.15, 0.2) is 16.5 Å². The molecule has 0 bridgehead atoms. The Hall–Kier alpha value is -1.54. The highest BCUT2D eigenvalue weighted by molar-refractivity contribution is 5.90. The Morgan fingerprint density at radius 3 is 2.72 bits per heavy atom. The van der Waals surface area contributed by atoms with Crippen LogP contribution >= 0.6 is 0 Å². The van der Waals surface area contributed by atoms with Crippen molar-refractivity contribution in [2.75, 3.05) is 13.6 Å². The number of rotatable bonds is 5. The predicted octanol–water partition coefficient (Wildman–Crippen LogP) is 1.27. The number of carbonyl (C=O) groups is 1. The Balaban J connectivity index is 2.47. The summed E-state index contributed by atoms with van der Waals surface area (Å²) in [5.74, 6) is 4.76. The van der Waals surface area contributed by atoms with Gasteiger partial charge in [-0.25, -0.2) is 5.84 Å². The van der Waals surface area contributed by atoms with Gasteiger partial charge in [0.25, 0.3) is 0 Å². The fourth-order valence-electron chi connectivity index (χ4n) is 1.32. The summed E-state index contributed by atoms with van der Waals surface area (Å²) in [6.07, 6.45) is -5.07. The molecule has 0 radical (unpaired) electrons. The number of nitrogens with two attached hydrogens (primary N) is 1. The van der Waals surface area contributed by atoms with Crippen LogP contribution in [0.2, 0.25) is 0 Å². The summed E-state index contributed by atoms with van der Waals surface area (Å²) in [4.78, 5) is 12.5. The van der Waals surface area contributed by atoms with Gasteiger partial charge in [-0.05, 0) is 19.2 Å². The van der Waals surface area contributed by atoms with E-state index in [1.54, 1.807) is 0 Å². The average Bonchev–Trinajstić information content (AvgIpc) is 2.73. The first-order chi connectivity index (χ1) is 8.31. The second-order valence-electron chi connectivity index (χ2n) is 3.84. The third-order valence-corrected chi connectivity index (χ3v) is 2.22.